The molecule has 1 aromatic rings. The molecule has 2 N–H and O–H groups in total. The molecule has 1 rings (SSSR count). The Balaban J connectivity index is 2.42. The molecule has 0 heterocycles. The van der Waals surface area contributed by atoms with Gasteiger partial charge in [0, 0.05) is 21.6 Å². The first-order chi connectivity index (χ1) is 8.49. The largest absolute Gasteiger partial charge is 0.481 e. The van der Waals surface area contributed by atoms with Crippen LogP contribution in [0.3, 0.4) is 0 Å². The molecule has 1 amide bonds. The Hall–Kier alpha value is -1.11. The molecule has 0 aromatic heterocycles. The Bertz CT molecular complexity index is 434. The minimum Gasteiger partial charge on any atom is -0.481 e. The number of halogens is 1. The van der Waals surface area contributed by atoms with E-state index in [4.69, 9.17) is 5.11 Å². The molecule has 18 heavy (non-hydrogen) atoms. The number of rotatable bonds is 6. The smallest absolute Gasteiger partial charge is 0.303 e. The van der Waals surface area contributed by atoms with E-state index in [0.717, 1.165) is 3.57 Å². The summed E-state index contributed by atoms with van der Waals surface area (Å²) in [6, 6.07) is 7.33. The van der Waals surface area contributed by atoms with Crippen molar-refractivity contribution in [3.8, 4) is 0 Å². The van der Waals surface area contributed by atoms with Crippen molar-refractivity contribution in [3.63, 3.8) is 0 Å². The normalized spacial score (nSPS) is 11.9. The quantitative estimate of drug-likeness (QED) is 0.766. The topological polar surface area (TPSA) is 66.4 Å². The zero-order valence-corrected chi connectivity index (χ0v) is 12.3. The van der Waals surface area contributed by atoms with Crippen molar-refractivity contribution in [3.05, 3.63) is 33.4 Å². The second-order valence-electron chi connectivity index (χ2n) is 4.17. The number of amides is 1. The molecular weight excluding hydrogens is 345 g/mol. The zero-order chi connectivity index (χ0) is 13.5. The van der Waals surface area contributed by atoms with Crippen LogP contribution in [0.4, 0.5) is 0 Å². The van der Waals surface area contributed by atoms with Crippen molar-refractivity contribution in [2.24, 2.45) is 0 Å². The van der Waals surface area contributed by atoms with Gasteiger partial charge in [-0.25, -0.2) is 0 Å². The van der Waals surface area contributed by atoms with E-state index < -0.39 is 5.97 Å². The van der Waals surface area contributed by atoms with E-state index in [9.17, 15) is 9.59 Å². The van der Waals surface area contributed by atoms with Crippen molar-refractivity contribution in [2.45, 2.75) is 32.2 Å². The Kier molecular flexibility index (Phi) is 6.11. The second kappa shape index (κ2) is 7.35. The average Bonchev–Trinajstić information content (AvgIpc) is 2.28. The first kappa shape index (κ1) is 14.9. The minimum absolute atomic E-state index is 0.0188. The van der Waals surface area contributed by atoms with E-state index >= 15 is 0 Å². The van der Waals surface area contributed by atoms with Crippen LogP contribution in [0.25, 0.3) is 0 Å². The summed E-state index contributed by atoms with van der Waals surface area (Å²) < 4.78 is 1.01. The SMILES string of the molecule is CC(CCCC(=O)O)NC(=O)c1cccc(I)c1. The molecule has 1 aromatic carbocycles. The molecule has 0 fully saturated rings. The van der Waals surface area contributed by atoms with Crippen LogP contribution in [0, 0.1) is 3.57 Å². The maximum absolute atomic E-state index is 11.9. The number of benzene rings is 1. The van der Waals surface area contributed by atoms with Gasteiger partial charge in [-0.05, 0) is 60.6 Å². The number of hydrogen-bond acceptors (Lipinski definition) is 2. The minimum atomic E-state index is -0.800. The Morgan fingerprint density at radius 3 is 2.78 bits per heavy atom. The van der Waals surface area contributed by atoms with Crippen LogP contribution in [-0.2, 0) is 4.79 Å². The third kappa shape index (κ3) is 5.48. The molecule has 1 unspecified atom stereocenters. The van der Waals surface area contributed by atoms with Crippen LogP contribution in [0.1, 0.15) is 36.5 Å². The maximum Gasteiger partial charge on any atom is 0.303 e. The number of carbonyl (C=O) groups is 2. The highest BCUT2D eigenvalue weighted by atomic mass is 127. The standard InChI is InChI=1S/C13H16INO3/c1-9(4-2-7-12(16)17)15-13(18)10-5-3-6-11(14)8-10/h3,5-6,8-9H,2,4,7H2,1H3,(H,15,18)(H,16,17). The van der Waals surface area contributed by atoms with Crippen molar-refractivity contribution in [2.75, 3.05) is 0 Å². The van der Waals surface area contributed by atoms with Crippen LogP contribution in [0.15, 0.2) is 24.3 Å². The van der Waals surface area contributed by atoms with Gasteiger partial charge in [-0.3, -0.25) is 9.59 Å². The number of hydrogen-bond donors (Lipinski definition) is 2. The number of carboxylic acids is 1. The van der Waals surface area contributed by atoms with Crippen LogP contribution in [-0.4, -0.2) is 23.0 Å². The first-order valence-corrected chi connectivity index (χ1v) is 6.85. The summed E-state index contributed by atoms with van der Waals surface area (Å²) in [5.41, 5.74) is 0.631. The first-order valence-electron chi connectivity index (χ1n) is 5.77. The summed E-state index contributed by atoms with van der Waals surface area (Å²) in [5.74, 6) is -0.914. The molecule has 0 saturated carbocycles. The summed E-state index contributed by atoms with van der Waals surface area (Å²) in [6.07, 6.45) is 1.38. The number of carboxylic acid groups (broad SMARTS) is 1. The third-order valence-corrected chi connectivity index (χ3v) is 3.16. The number of aliphatic carboxylic acids is 1. The van der Waals surface area contributed by atoms with Crippen LogP contribution < -0.4 is 5.32 Å². The van der Waals surface area contributed by atoms with E-state index in [1.807, 2.05) is 25.1 Å². The number of carbonyl (C=O) groups excluding carboxylic acids is 1. The average molecular weight is 361 g/mol. The van der Waals surface area contributed by atoms with Crippen molar-refractivity contribution < 1.29 is 14.7 Å². The van der Waals surface area contributed by atoms with Gasteiger partial charge in [0.05, 0.1) is 0 Å². The monoisotopic (exact) mass is 361 g/mol. The Morgan fingerprint density at radius 1 is 1.44 bits per heavy atom. The van der Waals surface area contributed by atoms with E-state index in [0.29, 0.717) is 18.4 Å². The predicted molar refractivity (Wildman–Crippen MR) is 77.6 cm³/mol. The molecule has 0 aliphatic carbocycles. The fourth-order valence-corrected chi connectivity index (χ4v) is 2.11. The molecule has 0 aliphatic rings. The summed E-state index contributed by atoms with van der Waals surface area (Å²) in [4.78, 5) is 22.2. The lowest BCUT2D eigenvalue weighted by atomic mass is 10.1. The molecule has 98 valence electrons. The van der Waals surface area contributed by atoms with E-state index in [1.165, 1.54) is 0 Å². The zero-order valence-electron chi connectivity index (χ0n) is 10.1. The number of nitrogens with one attached hydrogen (secondary N) is 1. The lowest BCUT2D eigenvalue weighted by molar-refractivity contribution is -0.137. The predicted octanol–water partition coefficient (Wildman–Crippen LogP) is 2.66. The molecule has 4 nitrogen and oxygen atoms in total. The fraction of sp³-hybridized carbons (Fsp3) is 0.385. The highest BCUT2D eigenvalue weighted by Crippen LogP contribution is 2.08. The molecule has 0 aliphatic heterocycles. The molecule has 0 spiro atoms. The Labute approximate surface area is 120 Å². The highest BCUT2D eigenvalue weighted by Gasteiger charge is 2.10. The van der Waals surface area contributed by atoms with Crippen LogP contribution >= 0.6 is 22.6 Å². The molecular formula is C13H16INO3. The van der Waals surface area contributed by atoms with Crippen molar-refractivity contribution in [1.29, 1.82) is 0 Å². The van der Waals surface area contributed by atoms with E-state index in [-0.39, 0.29) is 18.4 Å². The van der Waals surface area contributed by atoms with Crippen molar-refractivity contribution in [1.82, 2.24) is 5.32 Å². The van der Waals surface area contributed by atoms with Gasteiger partial charge in [0.2, 0.25) is 0 Å². The summed E-state index contributed by atoms with van der Waals surface area (Å²) in [7, 11) is 0. The van der Waals surface area contributed by atoms with E-state index in [1.54, 1.807) is 6.07 Å². The lowest BCUT2D eigenvalue weighted by Crippen LogP contribution is -2.32. The van der Waals surface area contributed by atoms with E-state index in [2.05, 4.69) is 27.9 Å². The lowest BCUT2D eigenvalue weighted by Gasteiger charge is -2.13. The van der Waals surface area contributed by atoms with Gasteiger partial charge in [0.25, 0.3) is 5.91 Å². The molecule has 5 heteroatoms. The van der Waals surface area contributed by atoms with Gasteiger partial charge in [0.1, 0.15) is 0 Å². The fourth-order valence-electron chi connectivity index (χ4n) is 1.57. The van der Waals surface area contributed by atoms with Gasteiger partial charge in [-0.1, -0.05) is 6.07 Å². The van der Waals surface area contributed by atoms with Gasteiger partial charge in [-0.2, -0.15) is 0 Å². The van der Waals surface area contributed by atoms with Gasteiger partial charge >= 0.3 is 5.97 Å². The molecule has 0 bridgehead atoms. The molecule has 0 saturated heterocycles. The van der Waals surface area contributed by atoms with Crippen molar-refractivity contribution >= 4 is 34.5 Å². The summed E-state index contributed by atoms with van der Waals surface area (Å²) in [5, 5.41) is 11.4. The summed E-state index contributed by atoms with van der Waals surface area (Å²) in [6.45, 7) is 1.88. The highest BCUT2D eigenvalue weighted by molar-refractivity contribution is 14.1. The van der Waals surface area contributed by atoms with Crippen LogP contribution in [0.5, 0.6) is 0 Å². The van der Waals surface area contributed by atoms with Gasteiger partial charge in [-0.15, -0.1) is 0 Å². The second-order valence-corrected chi connectivity index (χ2v) is 5.42. The maximum atomic E-state index is 11.9. The Morgan fingerprint density at radius 2 is 2.17 bits per heavy atom. The van der Waals surface area contributed by atoms with Gasteiger partial charge in [0.15, 0.2) is 0 Å². The van der Waals surface area contributed by atoms with Crippen LogP contribution in [0.2, 0.25) is 0 Å². The third-order valence-electron chi connectivity index (χ3n) is 2.49. The summed E-state index contributed by atoms with van der Waals surface area (Å²) >= 11 is 2.16. The molecule has 0 radical (unpaired) electrons. The van der Waals surface area contributed by atoms with Gasteiger partial charge < -0.3 is 10.4 Å². The molecule has 1 atom stereocenters.